The minimum absolute atomic E-state index is 0.0900. The predicted octanol–water partition coefficient (Wildman–Crippen LogP) is 3.54. The highest BCUT2D eigenvalue weighted by Gasteiger charge is 2.26. The summed E-state index contributed by atoms with van der Waals surface area (Å²) in [6.45, 7) is 4.96. The number of carbonyl (C=O) groups excluding carboxylic acids is 1. The highest BCUT2D eigenvalue weighted by molar-refractivity contribution is 5.78. The summed E-state index contributed by atoms with van der Waals surface area (Å²) in [4.78, 5) is 14.3. The molecule has 0 N–H and O–H groups in total. The second kappa shape index (κ2) is 9.37. The Balaban J connectivity index is 1.60. The average molecular weight is 385 g/mol. The van der Waals surface area contributed by atoms with Gasteiger partial charge in [0.15, 0.2) is 18.1 Å². The lowest BCUT2D eigenvalue weighted by molar-refractivity contribution is -0.141. The van der Waals surface area contributed by atoms with Crippen LogP contribution in [0.3, 0.4) is 0 Å². The summed E-state index contributed by atoms with van der Waals surface area (Å²) in [5.41, 5.74) is 1.90. The van der Waals surface area contributed by atoms with Gasteiger partial charge in [-0.2, -0.15) is 0 Å². The number of rotatable bonds is 7. The fraction of sp³-hybridized carbons (Fsp3) is 0.318. The van der Waals surface area contributed by atoms with Crippen molar-refractivity contribution in [1.29, 1.82) is 0 Å². The van der Waals surface area contributed by atoms with E-state index >= 15 is 0 Å². The summed E-state index contributed by atoms with van der Waals surface area (Å²) in [6, 6.07) is 11.7. The van der Waals surface area contributed by atoms with Gasteiger partial charge >= 0.3 is 0 Å². The molecule has 1 aliphatic rings. The minimum Gasteiger partial charge on any atom is -0.493 e. The van der Waals surface area contributed by atoms with Gasteiger partial charge in [0, 0.05) is 6.54 Å². The summed E-state index contributed by atoms with van der Waals surface area (Å²) in [5.74, 6) is 0.673. The van der Waals surface area contributed by atoms with Crippen LogP contribution in [0.5, 0.6) is 11.5 Å². The van der Waals surface area contributed by atoms with Crippen LogP contribution in [-0.4, -0.2) is 44.2 Å². The van der Waals surface area contributed by atoms with Gasteiger partial charge in [-0.25, -0.2) is 4.39 Å². The lowest BCUT2D eigenvalue weighted by atomic mass is 10.1. The van der Waals surface area contributed by atoms with Gasteiger partial charge in [0.2, 0.25) is 0 Å². The van der Waals surface area contributed by atoms with E-state index < -0.39 is 0 Å². The van der Waals surface area contributed by atoms with Gasteiger partial charge < -0.3 is 19.1 Å². The molecule has 6 heteroatoms. The van der Waals surface area contributed by atoms with Gasteiger partial charge in [-0.3, -0.25) is 4.79 Å². The van der Waals surface area contributed by atoms with Crippen molar-refractivity contribution in [2.24, 2.45) is 0 Å². The summed E-state index contributed by atoms with van der Waals surface area (Å²) in [5, 5.41) is 0. The standard InChI is InChI=1S/C22H24FNO4/c1-3-4-16-5-10-19(20(13-16)26-2)28-15-22(25)24-11-12-27-21(14-24)17-6-8-18(23)9-7-17/h3,5-10,13,21H,1,4,11-12,14-15H2,2H3. The Morgan fingerprint density at radius 2 is 2.07 bits per heavy atom. The van der Waals surface area contributed by atoms with Crippen LogP contribution in [-0.2, 0) is 16.0 Å². The Bertz CT molecular complexity index is 822. The number of hydrogen-bond acceptors (Lipinski definition) is 4. The number of morpholine rings is 1. The minimum atomic E-state index is -0.297. The summed E-state index contributed by atoms with van der Waals surface area (Å²) in [7, 11) is 1.57. The van der Waals surface area contributed by atoms with E-state index in [1.54, 1.807) is 30.2 Å². The van der Waals surface area contributed by atoms with E-state index in [2.05, 4.69) is 6.58 Å². The van der Waals surface area contributed by atoms with Gasteiger partial charge in [-0.1, -0.05) is 24.3 Å². The Kier molecular flexibility index (Phi) is 6.66. The Morgan fingerprint density at radius 3 is 2.79 bits per heavy atom. The molecule has 2 aromatic carbocycles. The third kappa shape index (κ3) is 4.89. The Hall–Kier alpha value is -2.86. The second-order valence-electron chi connectivity index (χ2n) is 6.52. The smallest absolute Gasteiger partial charge is 0.260 e. The number of methoxy groups -OCH3 is 1. The number of ether oxygens (including phenoxy) is 3. The van der Waals surface area contributed by atoms with Gasteiger partial charge in [-0.05, 0) is 41.8 Å². The highest BCUT2D eigenvalue weighted by atomic mass is 19.1. The molecule has 3 rings (SSSR count). The molecule has 0 aromatic heterocycles. The van der Waals surface area contributed by atoms with Crippen LogP contribution in [0, 0.1) is 5.82 Å². The molecule has 1 saturated heterocycles. The van der Waals surface area contributed by atoms with E-state index in [1.165, 1.54) is 12.1 Å². The second-order valence-corrected chi connectivity index (χ2v) is 6.52. The zero-order valence-electron chi connectivity index (χ0n) is 15.9. The SMILES string of the molecule is C=CCc1ccc(OCC(=O)N2CCOC(c3ccc(F)cc3)C2)c(OC)c1. The lowest BCUT2D eigenvalue weighted by Gasteiger charge is -2.33. The number of hydrogen-bond donors (Lipinski definition) is 0. The van der Waals surface area contributed by atoms with Crippen molar-refractivity contribution < 1.29 is 23.4 Å². The first-order valence-electron chi connectivity index (χ1n) is 9.16. The molecule has 0 radical (unpaired) electrons. The van der Waals surface area contributed by atoms with Crippen molar-refractivity contribution in [2.45, 2.75) is 12.5 Å². The van der Waals surface area contributed by atoms with Gasteiger partial charge in [0.05, 0.1) is 20.3 Å². The molecule has 1 aliphatic heterocycles. The summed E-state index contributed by atoms with van der Waals surface area (Å²) in [6.07, 6.45) is 2.27. The summed E-state index contributed by atoms with van der Waals surface area (Å²) >= 11 is 0. The zero-order valence-corrected chi connectivity index (χ0v) is 15.9. The van der Waals surface area contributed by atoms with Gasteiger partial charge in [0.25, 0.3) is 5.91 Å². The summed E-state index contributed by atoms with van der Waals surface area (Å²) < 4.78 is 29.9. The van der Waals surface area contributed by atoms with Crippen molar-refractivity contribution in [3.63, 3.8) is 0 Å². The van der Waals surface area contributed by atoms with E-state index in [9.17, 15) is 9.18 Å². The molecule has 1 atom stereocenters. The van der Waals surface area contributed by atoms with E-state index in [-0.39, 0.29) is 24.4 Å². The highest BCUT2D eigenvalue weighted by Crippen LogP contribution is 2.29. The molecule has 1 amide bonds. The maximum Gasteiger partial charge on any atom is 0.260 e. The van der Waals surface area contributed by atoms with E-state index in [0.29, 0.717) is 31.2 Å². The molecular weight excluding hydrogens is 361 g/mol. The largest absolute Gasteiger partial charge is 0.493 e. The Morgan fingerprint density at radius 1 is 1.29 bits per heavy atom. The fourth-order valence-corrected chi connectivity index (χ4v) is 3.11. The molecule has 1 fully saturated rings. The lowest BCUT2D eigenvalue weighted by Crippen LogP contribution is -2.44. The van der Waals surface area contributed by atoms with Crippen molar-refractivity contribution in [3.05, 3.63) is 72.1 Å². The van der Waals surface area contributed by atoms with Crippen LogP contribution >= 0.6 is 0 Å². The molecule has 2 aromatic rings. The molecule has 0 aliphatic carbocycles. The van der Waals surface area contributed by atoms with Crippen LogP contribution in [0.2, 0.25) is 0 Å². The topological polar surface area (TPSA) is 48.0 Å². The first-order valence-corrected chi connectivity index (χ1v) is 9.16. The predicted molar refractivity (Wildman–Crippen MR) is 104 cm³/mol. The number of allylic oxidation sites excluding steroid dienone is 1. The third-order valence-corrected chi connectivity index (χ3v) is 4.62. The molecule has 1 heterocycles. The quantitative estimate of drug-likeness (QED) is 0.684. The van der Waals surface area contributed by atoms with E-state index in [1.807, 2.05) is 18.2 Å². The maximum absolute atomic E-state index is 13.1. The normalized spacial score (nSPS) is 16.5. The number of halogens is 1. The fourth-order valence-electron chi connectivity index (χ4n) is 3.11. The number of nitrogens with zero attached hydrogens (tertiary/aromatic N) is 1. The van der Waals surface area contributed by atoms with Crippen molar-refractivity contribution in [3.8, 4) is 11.5 Å². The maximum atomic E-state index is 13.1. The first-order chi connectivity index (χ1) is 13.6. The number of benzene rings is 2. The van der Waals surface area contributed by atoms with Crippen LogP contribution in [0.4, 0.5) is 4.39 Å². The van der Waals surface area contributed by atoms with Crippen molar-refractivity contribution in [1.82, 2.24) is 4.90 Å². The van der Waals surface area contributed by atoms with Crippen LogP contribution in [0.15, 0.2) is 55.1 Å². The van der Waals surface area contributed by atoms with Crippen molar-refractivity contribution in [2.75, 3.05) is 33.4 Å². The third-order valence-electron chi connectivity index (χ3n) is 4.62. The average Bonchev–Trinajstić information content (AvgIpc) is 2.73. The monoisotopic (exact) mass is 385 g/mol. The number of carbonyl (C=O) groups is 1. The molecule has 5 nitrogen and oxygen atoms in total. The Labute approximate surface area is 164 Å². The van der Waals surface area contributed by atoms with Crippen LogP contribution in [0.25, 0.3) is 0 Å². The molecule has 0 bridgehead atoms. The molecule has 0 saturated carbocycles. The van der Waals surface area contributed by atoms with Crippen LogP contribution < -0.4 is 9.47 Å². The van der Waals surface area contributed by atoms with E-state index in [0.717, 1.165) is 17.5 Å². The molecule has 1 unspecified atom stereocenters. The van der Waals surface area contributed by atoms with Gasteiger partial charge in [0.1, 0.15) is 11.9 Å². The zero-order chi connectivity index (χ0) is 19.9. The molecule has 0 spiro atoms. The number of amides is 1. The molecule has 148 valence electrons. The van der Waals surface area contributed by atoms with Gasteiger partial charge in [-0.15, -0.1) is 6.58 Å². The van der Waals surface area contributed by atoms with Crippen LogP contribution in [0.1, 0.15) is 17.2 Å². The molecule has 28 heavy (non-hydrogen) atoms. The first kappa shape index (κ1) is 19.9. The molecular formula is C22H24FNO4. The van der Waals surface area contributed by atoms with Crippen molar-refractivity contribution >= 4 is 5.91 Å². The van der Waals surface area contributed by atoms with E-state index in [4.69, 9.17) is 14.2 Å².